The molecule has 0 saturated heterocycles. The van der Waals surface area contributed by atoms with E-state index >= 15 is 0 Å². The van der Waals surface area contributed by atoms with E-state index in [1.54, 1.807) is 5.38 Å². The minimum Gasteiger partial charge on any atom is -0.480 e. The summed E-state index contributed by atoms with van der Waals surface area (Å²) < 4.78 is 12.2. The Kier molecular flexibility index (Phi) is 4.99. The number of thiazole rings is 1. The van der Waals surface area contributed by atoms with Crippen LogP contribution in [0.15, 0.2) is 5.38 Å². The fourth-order valence-corrected chi connectivity index (χ4v) is 2.21. The maximum Gasteiger partial charge on any atom is 0.326 e. The van der Waals surface area contributed by atoms with Crippen LogP contribution in [0.2, 0.25) is 0 Å². The van der Waals surface area contributed by atoms with Crippen molar-refractivity contribution in [2.24, 2.45) is 0 Å². The van der Waals surface area contributed by atoms with E-state index in [2.05, 4.69) is 10.3 Å². The summed E-state index contributed by atoms with van der Waals surface area (Å²) >= 11 is 1.34. The van der Waals surface area contributed by atoms with Crippen LogP contribution < -0.4 is 5.32 Å². The first-order valence-corrected chi connectivity index (χ1v) is 6.69. The lowest BCUT2D eigenvalue weighted by Gasteiger charge is -2.14. The summed E-state index contributed by atoms with van der Waals surface area (Å²) in [5.74, 6) is -1.84. The van der Waals surface area contributed by atoms with Crippen molar-refractivity contribution < 1.29 is 19.1 Å². The van der Waals surface area contributed by atoms with Crippen molar-refractivity contribution >= 4 is 23.2 Å². The van der Waals surface area contributed by atoms with E-state index in [0.29, 0.717) is 0 Å². The van der Waals surface area contributed by atoms with E-state index < -0.39 is 24.6 Å². The Labute approximate surface area is 114 Å². The molecule has 0 aliphatic rings. The normalized spacial score (nSPS) is 13.1. The van der Waals surface area contributed by atoms with Gasteiger partial charge >= 0.3 is 5.97 Å². The Morgan fingerprint density at radius 3 is 2.58 bits per heavy atom. The molecule has 1 rings (SSSR count). The second-order valence-electron chi connectivity index (χ2n) is 5.13. The molecule has 0 aliphatic carbocycles. The van der Waals surface area contributed by atoms with E-state index in [1.807, 2.05) is 20.8 Å². The molecule has 0 saturated carbocycles. The van der Waals surface area contributed by atoms with Gasteiger partial charge in [-0.2, -0.15) is 0 Å². The van der Waals surface area contributed by atoms with Crippen molar-refractivity contribution in [3.8, 4) is 0 Å². The van der Waals surface area contributed by atoms with Crippen molar-refractivity contribution in [2.75, 3.05) is 6.67 Å². The fraction of sp³-hybridized carbons (Fsp3) is 0.583. The van der Waals surface area contributed by atoms with E-state index in [4.69, 9.17) is 5.11 Å². The minimum absolute atomic E-state index is 0.167. The van der Waals surface area contributed by atoms with Crippen LogP contribution in [0.4, 0.5) is 4.39 Å². The van der Waals surface area contributed by atoms with Gasteiger partial charge in [0.15, 0.2) is 0 Å². The molecule has 1 heterocycles. The van der Waals surface area contributed by atoms with Crippen molar-refractivity contribution in [2.45, 2.75) is 38.6 Å². The largest absolute Gasteiger partial charge is 0.480 e. The number of alkyl halides is 1. The molecule has 1 amide bonds. The highest BCUT2D eigenvalue weighted by molar-refractivity contribution is 7.10. The van der Waals surface area contributed by atoms with Crippen molar-refractivity contribution in [3.05, 3.63) is 16.1 Å². The molecule has 0 bridgehead atoms. The molecular weight excluding hydrogens is 271 g/mol. The lowest BCUT2D eigenvalue weighted by molar-refractivity contribution is -0.139. The highest BCUT2D eigenvalue weighted by Gasteiger charge is 2.24. The van der Waals surface area contributed by atoms with Gasteiger partial charge in [-0.05, 0) is 0 Å². The number of nitrogens with one attached hydrogen (secondary N) is 1. The summed E-state index contributed by atoms with van der Waals surface area (Å²) in [6.45, 7) is 5.10. The summed E-state index contributed by atoms with van der Waals surface area (Å²) in [7, 11) is 0. The second kappa shape index (κ2) is 6.10. The van der Waals surface area contributed by atoms with Crippen LogP contribution in [-0.4, -0.2) is 34.7 Å². The Bertz CT molecular complexity index is 468. The number of rotatable bonds is 5. The summed E-state index contributed by atoms with van der Waals surface area (Å²) in [5.41, 5.74) is -0.00559. The number of aromatic nitrogens is 1. The summed E-state index contributed by atoms with van der Waals surface area (Å²) in [5, 5.41) is 13.5. The third-order valence-electron chi connectivity index (χ3n) is 2.38. The Hall–Kier alpha value is -1.50. The topological polar surface area (TPSA) is 79.3 Å². The van der Waals surface area contributed by atoms with E-state index in [1.165, 1.54) is 11.3 Å². The Morgan fingerprint density at radius 2 is 2.16 bits per heavy atom. The predicted molar refractivity (Wildman–Crippen MR) is 70.3 cm³/mol. The lowest BCUT2D eigenvalue weighted by atomic mass is 9.98. The van der Waals surface area contributed by atoms with Gasteiger partial charge < -0.3 is 10.4 Å². The van der Waals surface area contributed by atoms with Crippen LogP contribution in [0, 0.1) is 0 Å². The van der Waals surface area contributed by atoms with Crippen LogP contribution in [0.3, 0.4) is 0 Å². The monoisotopic (exact) mass is 288 g/mol. The van der Waals surface area contributed by atoms with Crippen LogP contribution in [0.25, 0.3) is 0 Å². The average molecular weight is 288 g/mol. The molecule has 0 unspecified atom stereocenters. The molecule has 1 aromatic rings. The van der Waals surface area contributed by atoms with Crippen LogP contribution in [0.1, 0.15) is 42.7 Å². The zero-order chi connectivity index (χ0) is 14.6. The van der Waals surface area contributed by atoms with Gasteiger partial charge in [0.25, 0.3) is 5.91 Å². The average Bonchev–Trinajstić information content (AvgIpc) is 2.76. The van der Waals surface area contributed by atoms with Crippen LogP contribution in [0.5, 0.6) is 0 Å². The van der Waals surface area contributed by atoms with Gasteiger partial charge in [-0.1, -0.05) is 20.8 Å². The van der Waals surface area contributed by atoms with Gasteiger partial charge in [0.1, 0.15) is 11.7 Å². The molecular formula is C12H17FN2O3S. The van der Waals surface area contributed by atoms with Gasteiger partial charge in [0.2, 0.25) is 0 Å². The number of amides is 1. The number of hydrogen-bond acceptors (Lipinski definition) is 4. The van der Waals surface area contributed by atoms with Gasteiger partial charge in [-0.15, -0.1) is 11.3 Å². The van der Waals surface area contributed by atoms with Crippen molar-refractivity contribution in [3.63, 3.8) is 0 Å². The molecule has 2 N–H and O–H groups in total. The first-order chi connectivity index (χ1) is 8.75. The van der Waals surface area contributed by atoms with Crippen LogP contribution >= 0.6 is 11.3 Å². The molecule has 0 aliphatic heterocycles. The maximum absolute atomic E-state index is 12.2. The first kappa shape index (κ1) is 15.6. The van der Waals surface area contributed by atoms with Crippen molar-refractivity contribution in [1.82, 2.24) is 10.3 Å². The number of nitrogens with zero attached hydrogens (tertiary/aromatic N) is 1. The number of hydrogen-bond donors (Lipinski definition) is 2. The quantitative estimate of drug-likeness (QED) is 0.868. The summed E-state index contributed by atoms with van der Waals surface area (Å²) in [4.78, 5) is 26.8. The number of carbonyl (C=O) groups is 2. The van der Waals surface area contributed by atoms with Crippen molar-refractivity contribution in [1.29, 1.82) is 0 Å². The maximum atomic E-state index is 12.2. The minimum atomic E-state index is -1.25. The molecule has 0 fully saturated rings. The third kappa shape index (κ3) is 4.27. The number of carboxylic acids is 1. The zero-order valence-corrected chi connectivity index (χ0v) is 11.9. The third-order valence-corrected chi connectivity index (χ3v) is 3.65. The van der Waals surface area contributed by atoms with Gasteiger partial charge in [-0.25, -0.2) is 9.78 Å². The number of halogens is 1. The molecule has 7 heteroatoms. The second-order valence-corrected chi connectivity index (χ2v) is 5.99. The van der Waals surface area contributed by atoms with Gasteiger partial charge in [0, 0.05) is 17.2 Å². The van der Waals surface area contributed by atoms with E-state index in [-0.39, 0.29) is 17.5 Å². The molecule has 0 spiro atoms. The van der Waals surface area contributed by atoms with E-state index in [0.717, 1.165) is 5.01 Å². The Morgan fingerprint density at radius 1 is 1.53 bits per heavy atom. The molecule has 1 aromatic heterocycles. The Balaban J connectivity index is 2.78. The van der Waals surface area contributed by atoms with Crippen LogP contribution in [-0.2, 0) is 10.2 Å². The fourth-order valence-electron chi connectivity index (χ4n) is 1.32. The molecule has 5 nitrogen and oxygen atoms in total. The number of aliphatic carboxylic acids is 1. The van der Waals surface area contributed by atoms with Gasteiger partial charge in [0.05, 0.1) is 11.7 Å². The zero-order valence-electron chi connectivity index (χ0n) is 11.1. The standard InChI is InChI=1S/C12H17FN2O3S/c1-12(2,3)11-15-8(6-19-11)9(16)14-7(4-5-13)10(17)18/h6-7H,4-5H2,1-3H3,(H,14,16)(H,17,18)/t7-/m0/s1. The van der Waals surface area contributed by atoms with Gasteiger partial charge in [-0.3, -0.25) is 9.18 Å². The highest BCUT2D eigenvalue weighted by atomic mass is 32.1. The molecule has 0 aromatic carbocycles. The van der Waals surface area contributed by atoms with E-state index in [9.17, 15) is 14.0 Å². The molecule has 106 valence electrons. The summed E-state index contributed by atoms with van der Waals surface area (Å²) in [6.07, 6.45) is -0.253. The number of carboxylic acid groups (broad SMARTS) is 1. The lowest BCUT2D eigenvalue weighted by Crippen LogP contribution is -2.41. The molecule has 19 heavy (non-hydrogen) atoms. The predicted octanol–water partition coefficient (Wildman–Crippen LogP) is 1.98. The SMILES string of the molecule is CC(C)(C)c1nc(C(=O)N[C@@H](CCF)C(=O)O)cs1. The first-order valence-electron chi connectivity index (χ1n) is 5.81. The summed E-state index contributed by atoms with van der Waals surface area (Å²) in [6, 6.07) is -1.22. The highest BCUT2D eigenvalue weighted by Crippen LogP contribution is 2.25. The number of carbonyl (C=O) groups excluding carboxylic acids is 1. The smallest absolute Gasteiger partial charge is 0.326 e. The molecule has 0 radical (unpaired) electrons. The molecule has 1 atom stereocenters.